The summed E-state index contributed by atoms with van der Waals surface area (Å²) in [5.74, 6) is 1.12. The van der Waals surface area contributed by atoms with E-state index >= 15 is 0 Å². The van der Waals surface area contributed by atoms with E-state index in [1.165, 1.54) is 11.1 Å². The average Bonchev–Trinajstić information content (AvgIpc) is 2.92. The normalized spacial score (nSPS) is 19.7. The summed E-state index contributed by atoms with van der Waals surface area (Å²) >= 11 is 6.18. The smallest absolute Gasteiger partial charge is 0.109 e. The second kappa shape index (κ2) is 5.47. The zero-order valence-electron chi connectivity index (χ0n) is 12.9. The van der Waals surface area contributed by atoms with Crippen molar-refractivity contribution in [3.8, 4) is 0 Å². The van der Waals surface area contributed by atoms with Crippen LogP contribution in [0.4, 0.5) is 0 Å². The molecule has 0 amide bonds. The van der Waals surface area contributed by atoms with E-state index in [1.54, 1.807) is 0 Å². The molecule has 21 heavy (non-hydrogen) atoms. The minimum atomic E-state index is 0.217. The Labute approximate surface area is 131 Å². The Balaban J connectivity index is 1.72. The van der Waals surface area contributed by atoms with E-state index in [-0.39, 0.29) is 5.41 Å². The maximum absolute atomic E-state index is 6.18. The van der Waals surface area contributed by atoms with Gasteiger partial charge >= 0.3 is 0 Å². The van der Waals surface area contributed by atoms with Crippen molar-refractivity contribution in [1.29, 1.82) is 0 Å². The minimum absolute atomic E-state index is 0.217. The summed E-state index contributed by atoms with van der Waals surface area (Å²) in [6, 6.07) is 6.63. The Hall–Kier alpha value is -1.32. The first-order valence-corrected chi connectivity index (χ1v) is 7.83. The molecule has 1 aromatic heterocycles. The number of aromatic nitrogens is 2. The average molecular weight is 304 g/mol. The van der Waals surface area contributed by atoms with Crippen LogP contribution in [0.5, 0.6) is 0 Å². The molecule has 0 aliphatic heterocycles. The van der Waals surface area contributed by atoms with Gasteiger partial charge in [0.05, 0.1) is 0 Å². The van der Waals surface area contributed by atoms with Gasteiger partial charge in [-0.25, -0.2) is 4.98 Å². The van der Waals surface area contributed by atoms with E-state index in [9.17, 15) is 0 Å². The van der Waals surface area contributed by atoms with Crippen molar-refractivity contribution in [1.82, 2.24) is 14.9 Å². The second-order valence-electron chi connectivity index (χ2n) is 6.60. The highest BCUT2D eigenvalue weighted by atomic mass is 35.5. The molecule has 4 heteroatoms. The fourth-order valence-electron chi connectivity index (χ4n) is 3.36. The summed E-state index contributed by atoms with van der Waals surface area (Å²) in [6.07, 6.45) is 5.87. The van der Waals surface area contributed by atoms with Crippen LogP contribution in [0.3, 0.4) is 0 Å². The number of imidazole rings is 1. The zero-order chi connectivity index (χ0) is 15.0. The summed E-state index contributed by atoms with van der Waals surface area (Å²) in [6.45, 7) is 5.56. The van der Waals surface area contributed by atoms with Gasteiger partial charge < -0.3 is 9.88 Å². The van der Waals surface area contributed by atoms with Gasteiger partial charge in [0, 0.05) is 43.5 Å². The molecule has 1 aliphatic carbocycles. The van der Waals surface area contributed by atoms with Crippen LogP contribution in [-0.2, 0) is 19.9 Å². The zero-order valence-corrected chi connectivity index (χ0v) is 13.6. The Bertz CT molecular complexity index is 645. The third-order valence-electron chi connectivity index (χ3n) is 4.46. The molecular weight excluding hydrogens is 282 g/mol. The predicted molar refractivity (Wildman–Crippen MR) is 86.6 cm³/mol. The van der Waals surface area contributed by atoms with E-state index < -0.39 is 0 Å². The Kier molecular flexibility index (Phi) is 3.80. The summed E-state index contributed by atoms with van der Waals surface area (Å²) in [7, 11) is 2.04. The van der Waals surface area contributed by atoms with E-state index in [1.807, 2.05) is 25.5 Å². The SMILES string of the molecule is Cn1ccnc1CCNC1c2cc(Cl)ccc2CC1(C)C. The lowest BCUT2D eigenvalue weighted by Gasteiger charge is -2.28. The third-order valence-corrected chi connectivity index (χ3v) is 4.70. The summed E-state index contributed by atoms with van der Waals surface area (Å²) in [4.78, 5) is 4.38. The lowest BCUT2D eigenvalue weighted by atomic mass is 9.85. The van der Waals surface area contributed by atoms with Crippen LogP contribution in [0.1, 0.15) is 36.8 Å². The van der Waals surface area contributed by atoms with Crippen molar-refractivity contribution in [2.24, 2.45) is 12.5 Å². The van der Waals surface area contributed by atoms with Crippen molar-refractivity contribution >= 4 is 11.6 Å². The molecule has 0 radical (unpaired) electrons. The molecule has 1 heterocycles. The van der Waals surface area contributed by atoms with Crippen molar-refractivity contribution in [2.75, 3.05) is 6.54 Å². The van der Waals surface area contributed by atoms with Gasteiger partial charge in [0.2, 0.25) is 0 Å². The highest BCUT2D eigenvalue weighted by Gasteiger charge is 2.38. The molecule has 1 aliphatic rings. The Morgan fingerprint density at radius 3 is 2.95 bits per heavy atom. The molecule has 112 valence electrons. The third kappa shape index (κ3) is 2.85. The van der Waals surface area contributed by atoms with Crippen LogP contribution in [-0.4, -0.2) is 16.1 Å². The molecule has 0 bridgehead atoms. The first-order chi connectivity index (χ1) is 9.97. The quantitative estimate of drug-likeness (QED) is 0.936. The van der Waals surface area contributed by atoms with Gasteiger partial charge in [0.15, 0.2) is 0 Å². The van der Waals surface area contributed by atoms with Gasteiger partial charge in [-0.2, -0.15) is 0 Å². The lowest BCUT2D eigenvalue weighted by molar-refractivity contribution is 0.270. The molecule has 0 saturated heterocycles. The van der Waals surface area contributed by atoms with E-state index in [4.69, 9.17) is 11.6 Å². The topological polar surface area (TPSA) is 29.9 Å². The summed E-state index contributed by atoms with van der Waals surface area (Å²) in [5, 5.41) is 4.53. The maximum atomic E-state index is 6.18. The maximum Gasteiger partial charge on any atom is 0.109 e. The van der Waals surface area contributed by atoms with Gasteiger partial charge in [0.1, 0.15) is 5.82 Å². The molecule has 1 unspecified atom stereocenters. The fraction of sp³-hybridized carbons (Fsp3) is 0.471. The second-order valence-corrected chi connectivity index (χ2v) is 7.04. The summed E-state index contributed by atoms with van der Waals surface area (Å²) in [5.41, 5.74) is 2.99. The fourth-order valence-corrected chi connectivity index (χ4v) is 3.54. The lowest BCUT2D eigenvalue weighted by Crippen LogP contribution is -2.32. The van der Waals surface area contributed by atoms with E-state index in [2.05, 4.69) is 40.8 Å². The van der Waals surface area contributed by atoms with Crippen molar-refractivity contribution < 1.29 is 0 Å². The molecule has 3 rings (SSSR count). The van der Waals surface area contributed by atoms with Crippen molar-refractivity contribution in [3.05, 3.63) is 52.6 Å². The number of fused-ring (bicyclic) bond motifs is 1. The van der Waals surface area contributed by atoms with Crippen LogP contribution >= 0.6 is 11.6 Å². The molecule has 0 saturated carbocycles. The van der Waals surface area contributed by atoms with Crippen LogP contribution in [0.25, 0.3) is 0 Å². The molecule has 0 spiro atoms. The van der Waals surface area contributed by atoms with E-state index in [0.717, 1.165) is 30.2 Å². The highest BCUT2D eigenvalue weighted by molar-refractivity contribution is 6.30. The molecule has 1 aromatic carbocycles. The van der Waals surface area contributed by atoms with Gasteiger partial charge in [-0.05, 0) is 35.1 Å². The number of nitrogens with zero attached hydrogens (tertiary/aromatic N) is 2. The highest BCUT2D eigenvalue weighted by Crippen LogP contribution is 2.45. The number of rotatable bonds is 4. The number of benzene rings is 1. The molecule has 1 atom stereocenters. The standard InChI is InChI=1S/C17H22ClN3/c1-17(2)11-12-4-5-13(18)10-14(12)16(17)20-7-6-15-19-8-9-21(15)3/h4-5,8-10,16,20H,6-7,11H2,1-3H3. The van der Waals surface area contributed by atoms with Gasteiger partial charge in [-0.1, -0.05) is 31.5 Å². The number of halogens is 1. The van der Waals surface area contributed by atoms with Crippen molar-refractivity contribution in [2.45, 2.75) is 32.7 Å². The first kappa shape index (κ1) is 14.6. The number of nitrogens with one attached hydrogen (secondary N) is 1. The molecule has 0 fully saturated rings. The Morgan fingerprint density at radius 1 is 1.43 bits per heavy atom. The van der Waals surface area contributed by atoms with E-state index in [0.29, 0.717) is 6.04 Å². The first-order valence-electron chi connectivity index (χ1n) is 7.45. The number of hydrogen-bond acceptors (Lipinski definition) is 2. The largest absolute Gasteiger partial charge is 0.338 e. The molecule has 1 N–H and O–H groups in total. The molecule has 2 aromatic rings. The van der Waals surface area contributed by atoms with Gasteiger partial charge in [-0.3, -0.25) is 0 Å². The number of hydrogen-bond donors (Lipinski definition) is 1. The van der Waals surface area contributed by atoms with Gasteiger partial charge in [0.25, 0.3) is 0 Å². The number of aryl methyl sites for hydroxylation is 1. The molecule has 3 nitrogen and oxygen atoms in total. The van der Waals surface area contributed by atoms with Gasteiger partial charge in [-0.15, -0.1) is 0 Å². The van der Waals surface area contributed by atoms with Crippen LogP contribution in [0.2, 0.25) is 5.02 Å². The molecular formula is C17H22ClN3. The van der Waals surface area contributed by atoms with Crippen LogP contribution in [0.15, 0.2) is 30.6 Å². The predicted octanol–water partition coefficient (Wildman–Crippen LogP) is 3.53. The minimum Gasteiger partial charge on any atom is -0.338 e. The Morgan fingerprint density at radius 2 is 2.24 bits per heavy atom. The van der Waals surface area contributed by atoms with Crippen LogP contribution < -0.4 is 5.32 Å². The van der Waals surface area contributed by atoms with Crippen LogP contribution in [0, 0.1) is 5.41 Å². The van der Waals surface area contributed by atoms with Crippen molar-refractivity contribution in [3.63, 3.8) is 0 Å². The monoisotopic (exact) mass is 303 g/mol. The summed E-state index contributed by atoms with van der Waals surface area (Å²) < 4.78 is 2.08.